The second kappa shape index (κ2) is 8.86. The summed E-state index contributed by atoms with van der Waals surface area (Å²) in [6, 6.07) is 23.9. The zero-order valence-electron chi connectivity index (χ0n) is 18.8. The van der Waals surface area contributed by atoms with Gasteiger partial charge < -0.3 is 9.47 Å². The van der Waals surface area contributed by atoms with Gasteiger partial charge in [0.15, 0.2) is 0 Å². The number of carbonyl (C=O) groups is 2. The Labute approximate surface area is 196 Å². The highest BCUT2D eigenvalue weighted by Crippen LogP contribution is 2.45. The summed E-state index contributed by atoms with van der Waals surface area (Å²) in [5.74, 6) is 0.151. The Morgan fingerprint density at radius 2 is 1.71 bits per heavy atom. The summed E-state index contributed by atoms with van der Waals surface area (Å²) in [5, 5.41) is 7.46. The van der Waals surface area contributed by atoms with E-state index in [0.29, 0.717) is 23.6 Å². The van der Waals surface area contributed by atoms with Crippen LogP contribution in [0.2, 0.25) is 0 Å². The molecule has 0 saturated carbocycles. The molecule has 1 amide bonds. The summed E-state index contributed by atoms with van der Waals surface area (Å²) in [6.45, 7) is 2.06. The number of hydrogen-bond acceptors (Lipinski definition) is 5. The van der Waals surface area contributed by atoms with Crippen LogP contribution in [0.25, 0.3) is 11.3 Å². The van der Waals surface area contributed by atoms with Crippen LogP contribution in [-0.2, 0) is 4.74 Å². The van der Waals surface area contributed by atoms with E-state index in [2.05, 4.69) is 10.2 Å². The van der Waals surface area contributed by atoms with Crippen molar-refractivity contribution < 1.29 is 19.1 Å². The van der Waals surface area contributed by atoms with Gasteiger partial charge in [0.1, 0.15) is 11.4 Å². The largest absolute Gasteiger partial charge is 0.497 e. The van der Waals surface area contributed by atoms with Gasteiger partial charge in [-0.1, -0.05) is 42.5 Å². The predicted octanol–water partition coefficient (Wildman–Crippen LogP) is 5.01. The molecule has 0 unspecified atom stereocenters. The summed E-state index contributed by atoms with van der Waals surface area (Å²) in [5.41, 5.74) is 4.94. The highest BCUT2D eigenvalue weighted by molar-refractivity contribution is 6.12. The average Bonchev–Trinajstić information content (AvgIpc) is 3.44. The molecule has 0 fully saturated rings. The lowest BCUT2D eigenvalue weighted by molar-refractivity contribution is 0.0526. The normalized spacial score (nSPS) is 14.7. The molecule has 1 aliphatic heterocycles. The number of carbonyl (C=O) groups excluding carboxylic acids is 2. The van der Waals surface area contributed by atoms with Crippen LogP contribution in [0, 0.1) is 0 Å². The van der Waals surface area contributed by atoms with E-state index in [4.69, 9.17) is 9.47 Å². The maximum Gasteiger partial charge on any atom is 0.338 e. The van der Waals surface area contributed by atoms with Crippen molar-refractivity contribution in [2.45, 2.75) is 13.0 Å². The van der Waals surface area contributed by atoms with Gasteiger partial charge in [-0.2, -0.15) is 5.10 Å². The highest BCUT2D eigenvalue weighted by atomic mass is 16.5. The van der Waals surface area contributed by atoms with Crippen LogP contribution in [0.1, 0.15) is 44.9 Å². The first-order chi connectivity index (χ1) is 16.6. The second-order valence-electron chi connectivity index (χ2n) is 7.85. The number of esters is 1. The third-order valence-electron chi connectivity index (χ3n) is 5.90. The molecule has 7 nitrogen and oxygen atoms in total. The molecule has 7 heteroatoms. The third-order valence-corrected chi connectivity index (χ3v) is 5.90. The standard InChI is InChI=1S/C27H23N3O4/c1-3-34-27(32)19-9-13-20(14-10-19)30-25(18-11-15-21(33-2)16-12-18)22-23(17-7-5-4-6-8-17)28-29-24(22)26(30)31/h4-16,25H,3H2,1-2H3,(H,28,29)/t25-/m0/s1. The Hall–Kier alpha value is -4.39. The monoisotopic (exact) mass is 453 g/mol. The number of anilines is 1. The number of nitrogens with zero attached hydrogens (tertiary/aromatic N) is 2. The molecular formula is C27H23N3O4. The fourth-order valence-corrected chi connectivity index (χ4v) is 4.30. The predicted molar refractivity (Wildman–Crippen MR) is 128 cm³/mol. The lowest BCUT2D eigenvalue weighted by atomic mass is 9.95. The van der Waals surface area contributed by atoms with Crippen LogP contribution in [0.4, 0.5) is 5.69 Å². The molecule has 0 bridgehead atoms. The molecule has 4 aromatic rings. The van der Waals surface area contributed by atoms with Crippen molar-refractivity contribution in [3.8, 4) is 17.0 Å². The van der Waals surface area contributed by atoms with Gasteiger partial charge in [-0.3, -0.25) is 14.8 Å². The Morgan fingerprint density at radius 1 is 1.00 bits per heavy atom. The zero-order chi connectivity index (χ0) is 23.7. The minimum absolute atomic E-state index is 0.186. The summed E-state index contributed by atoms with van der Waals surface area (Å²) in [7, 11) is 1.62. The maximum atomic E-state index is 13.6. The van der Waals surface area contributed by atoms with Crippen LogP contribution in [0.15, 0.2) is 78.9 Å². The Balaban J connectivity index is 1.62. The van der Waals surface area contributed by atoms with Crippen LogP contribution in [0.5, 0.6) is 5.75 Å². The zero-order valence-corrected chi connectivity index (χ0v) is 18.8. The molecule has 0 aliphatic carbocycles. The summed E-state index contributed by atoms with van der Waals surface area (Å²) in [4.78, 5) is 27.4. The number of methoxy groups -OCH3 is 1. The van der Waals surface area contributed by atoms with Crippen molar-refractivity contribution in [1.82, 2.24) is 10.2 Å². The Bertz CT molecular complexity index is 1330. The number of aromatic nitrogens is 2. The molecule has 0 saturated heterocycles. The molecular weight excluding hydrogens is 430 g/mol. The molecule has 1 aliphatic rings. The van der Waals surface area contributed by atoms with E-state index in [-0.39, 0.29) is 5.91 Å². The van der Waals surface area contributed by atoms with E-state index in [1.807, 2.05) is 54.6 Å². The number of hydrogen-bond donors (Lipinski definition) is 1. The van der Waals surface area contributed by atoms with Crippen molar-refractivity contribution in [3.05, 3.63) is 101 Å². The van der Waals surface area contributed by atoms with Gasteiger partial charge in [0, 0.05) is 16.8 Å². The van der Waals surface area contributed by atoms with Crippen molar-refractivity contribution in [1.29, 1.82) is 0 Å². The fourth-order valence-electron chi connectivity index (χ4n) is 4.30. The van der Waals surface area contributed by atoms with Crippen molar-refractivity contribution in [2.75, 3.05) is 18.6 Å². The molecule has 3 aromatic carbocycles. The fraction of sp³-hybridized carbons (Fsp3) is 0.148. The molecule has 1 atom stereocenters. The molecule has 1 N–H and O–H groups in total. The van der Waals surface area contributed by atoms with Crippen LogP contribution < -0.4 is 9.64 Å². The molecule has 34 heavy (non-hydrogen) atoms. The molecule has 2 heterocycles. The van der Waals surface area contributed by atoms with E-state index < -0.39 is 12.0 Å². The van der Waals surface area contributed by atoms with E-state index >= 15 is 0 Å². The van der Waals surface area contributed by atoms with Crippen LogP contribution in [0.3, 0.4) is 0 Å². The molecule has 0 spiro atoms. The number of aromatic amines is 1. The van der Waals surface area contributed by atoms with Gasteiger partial charge in [-0.25, -0.2) is 4.79 Å². The topological polar surface area (TPSA) is 84.5 Å². The first kappa shape index (κ1) is 21.5. The smallest absolute Gasteiger partial charge is 0.338 e. The molecule has 170 valence electrons. The van der Waals surface area contributed by atoms with Crippen molar-refractivity contribution in [3.63, 3.8) is 0 Å². The first-order valence-corrected chi connectivity index (χ1v) is 11.0. The van der Waals surface area contributed by atoms with Crippen molar-refractivity contribution >= 4 is 17.6 Å². The third kappa shape index (κ3) is 3.61. The number of benzene rings is 3. The number of rotatable bonds is 6. The van der Waals surface area contributed by atoms with Crippen LogP contribution in [-0.4, -0.2) is 35.8 Å². The van der Waals surface area contributed by atoms with E-state index in [9.17, 15) is 9.59 Å². The molecule has 0 radical (unpaired) electrons. The average molecular weight is 453 g/mol. The van der Waals surface area contributed by atoms with Gasteiger partial charge >= 0.3 is 5.97 Å². The minimum Gasteiger partial charge on any atom is -0.497 e. The number of nitrogens with one attached hydrogen (secondary N) is 1. The highest BCUT2D eigenvalue weighted by Gasteiger charge is 2.43. The van der Waals surface area contributed by atoms with E-state index in [0.717, 1.165) is 28.1 Å². The van der Waals surface area contributed by atoms with Gasteiger partial charge in [-0.05, 0) is 48.9 Å². The minimum atomic E-state index is -0.407. The first-order valence-electron chi connectivity index (χ1n) is 11.0. The number of amides is 1. The van der Waals surface area contributed by atoms with Crippen molar-refractivity contribution in [2.24, 2.45) is 0 Å². The lowest BCUT2D eigenvalue weighted by Gasteiger charge is -2.26. The van der Waals surface area contributed by atoms with Gasteiger partial charge in [0.2, 0.25) is 0 Å². The van der Waals surface area contributed by atoms with E-state index in [1.54, 1.807) is 43.2 Å². The number of fused-ring (bicyclic) bond motifs is 1. The SMILES string of the molecule is CCOC(=O)c1ccc(N2C(=O)c3[nH]nc(-c4ccccc4)c3[C@@H]2c2ccc(OC)cc2)cc1. The van der Waals surface area contributed by atoms with E-state index in [1.165, 1.54) is 0 Å². The quantitative estimate of drug-likeness (QED) is 0.415. The maximum absolute atomic E-state index is 13.6. The van der Waals surface area contributed by atoms with Gasteiger partial charge in [0.25, 0.3) is 5.91 Å². The number of H-pyrrole nitrogens is 1. The van der Waals surface area contributed by atoms with Gasteiger partial charge in [0.05, 0.1) is 31.0 Å². The molecule has 1 aromatic heterocycles. The lowest BCUT2D eigenvalue weighted by Crippen LogP contribution is -2.29. The second-order valence-corrected chi connectivity index (χ2v) is 7.85. The van der Waals surface area contributed by atoms with Gasteiger partial charge in [-0.15, -0.1) is 0 Å². The van der Waals surface area contributed by atoms with Crippen LogP contribution >= 0.6 is 0 Å². The Morgan fingerprint density at radius 3 is 2.35 bits per heavy atom. The summed E-state index contributed by atoms with van der Waals surface area (Å²) >= 11 is 0. The molecule has 5 rings (SSSR count). The number of ether oxygens (including phenoxy) is 2. The summed E-state index contributed by atoms with van der Waals surface area (Å²) in [6.07, 6.45) is 0. The summed E-state index contributed by atoms with van der Waals surface area (Å²) < 4.78 is 10.4. The Kier molecular flexibility index (Phi) is 5.59.